The van der Waals surface area contributed by atoms with Crippen LogP contribution in [-0.4, -0.2) is 88.8 Å². The number of benzene rings is 1. The van der Waals surface area contributed by atoms with Gasteiger partial charge in [-0.25, -0.2) is 8.42 Å². The number of piperazine rings is 1. The van der Waals surface area contributed by atoms with Gasteiger partial charge in [0.05, 0.1) is 23.5 Å². The number of sulfonamides is 1. The van der Waals surface area contributed by atoms with Crippen LogP contribution in [0.1, 0.15) is 23.7 Å². The number of anilines is 1. The zero-order valence-corrected chi connectivity index (χ0v) is 17.8. The highest BCUT2D eigenvalue weighted by atomic mass is 32.2. The van der Waals surface area contributed by atoms with Crippen LogP contribution in [0.5, 0.6) is 0 Å². The Balaban J connectivity index is 1.88. The Kier molecular flexibility index (Phi) is 8.87. The number of nitrogens with zero attached hydrogens (tertiary/aromatic N) is 2. The lowest BCUT2D eigenvalue weighted by Crippen LogP contribution is -2.51. The molecule has 9 nitrogen and oxygen atoms in total. The molecule has 162 valence electrons. The molecule has 1 heterocycles. The molecule has 0 unspecified atom stereocenters. The van der Waals surface area contributed by atoms with Crippen molar-refractivity contribution < 1.29 is 22.7 Å². The van der Waals surface area contributed by atoms with E-state index in [1.807, 2.05) is 4.90 Å². The van der Waals surface area contributed by atoms with Gasteiger partial charge in [0.15, 0.2) is 0 Å². The maximum Gasteiger partial charge on any atom is 0.256 e. The molecule has 1 fully saturated rings. The Hall–Kier alpha value is -2.17. The standard InChI is InChI=1S/C19H30N4O5S/c1-3-29(26,27)21-17-8-5-4-7-16(17)19(25)23-12-10-22(11-13-23)15-18(24)20-9-6-14-28-2/h4-5,7-8,21H,3,6,9-15H2,1-2H3,(H,20,24). The first kappa shape index (κ1) is 23.1. The fourth-order valence-corrected chi connectivity index (χ4v) is 3.64. The highest BCUT2D eigenvalue weighted by Crippen LogP contribution is 2.19. The molecular weight excluding hydrogens is 396 g/mol. The topological polar surface area (TPSA) is 108 Å². The highest BCUT2D eigenvalue weighted by molar-refractivity contribution is 7.92. The van der Waals surface area contributed by atoms with Crippen molar-refractivity contribution in [1.82, 2.24) is 15.1 Å². The minimum absolute atomic E-state index is 0.0415. The molecule has 1 saturated heterocycles. The van der Waals surface area contributed by atoms with E-state index < -0.39 is 10.0 Å². The summed E-state index contributed by atoms with van der Waals surface area (Å²) in [5.41, 5.74) is 0.617. The van der Waals surface area contributed by atoms with E-state index in [0.717, 1.165) is 6.42 Å². The summed E-state index contributed by atoms with van der Waals surface area (Å²) in [5, 5.41) is 2.85. The van der Waals surface area contributed by atoms with E-state index in [1.165, 1.54) is 0 Å². The Labute approximate surface area is 172 Å². The Bertz CT molecular complexity index is 792. The number of hydrogen-bond acceptors (Lipinski definition) is 6. The lowest BCUT2D eigenvalue weighted by molar-refractivity contribution is -0.122. The summed E-state index contributed by atoms with van der Waals surface area (Å²) in [5.74, 6) is -0.329. The van der Waals surface area contributed by atoms with E-state index in [-0.39, 0.29) is 23.3 Å². The van der Waals surface area contributed by atoms with Crippen molar-refractivity contribution in [2.24, 2.45) is 0 Å². The summed E-state index contributed by atoms with van der Waals surface area (Å²) in [6, 6.07) is 6.61. The molecule has 0 aromatic heterocycles. The third kappa shape index (κ3) is 7.30. The molecule has 10 heteroatoms. The van der Waals surface area contributed by atoms with Crippen LogP contribution in [0.15, 0.2) is 24.3 Å². The molecule has 0 radical (unpaired) electrons. The normalized spacial score (nSPS) is 15.2. The van der Waals surface area contributed by atoms with E-state index in [0.29, 0.717) is 51.4 Å². The molecule has 1 aliphatic rings. The number of nitrogens with one attached hydrogen (secondary N) is 2. The molecule has 1 aliphatic heterocycles. The predicted molar refractivity (Wildman–Crippen MR) is 111 cm³/mol. The molecule has 0 spiro atoms. The van der Waals surface area contributed by atoms with Gasteiger partial charge in [-0.05, 0) is 25.5 Å². The average Bonchev–Trinajstić information content (AvgIpc) is 2.71. The van der Waals surface area contributed by atoms with Gasteiger partial charge in [-0.3, -0.25) is 19.2 Å². The monoisotopic (exact) mass is 426 g/mol. The minimum Gasteiger partial charge on any atom is -0.385 e. The predicted octanol–water partition coefficient (Wildman–Crippen LogP) is 0.359. The van der Waals surface area contributed by atoms with Gasteiger partial charge in [0.1, 0.15) is 0 Å². The van der Waals surface area contributed by atoms with E-state index in [9.17, 15) is 18.0 Å². The number of amides is 2. The van der Waals surface area contributed by atoms with Crippen LogP contribution in [-0.2, 0) is 19.6 Å². The van der Waals surface area contributed by atoms with Crippen molar-refractivity contribution in [2.45, 2.75) is 13.3 Å². The molecule has 1 aromatic carbocycles. The minimum atomic E-state index is -3.47. The average molecular weight is 427 g/mol. The zero-order valence-electron chi connectivity index (χ0n) is 17.0. The molecule has 2 amide bonds. The molecule has 0 bridgehead atoms. The van der Waals surface area contributed by atoms with Crippen LogP contribution >= 0.6 is 0 Å². The van der Waals surface area contributed by atoms with E-state index >= 15 is 0 Å². The number of ether oxygens (including phenoxy) is 1. The number of methoxy groups -OCH3 is 1. The fourth-order valence-electron chi connectivity index (χ4n) is 2.98. The van der Waals surface area contributed by atoms with Gasteiger partial charge in [0.2, 0.25) is 15.9 Å². The third-order valence-electron chi connectivity index (χ3n) is 4.68. The molecular formula is C19H30N4O5S. The van der Waals surface area contributed by atoms with Gasteiger partial charge < -0.3 is 15.0 Å². The second-order valence-corrected chi connectivity index (χ2v) is 8.83. The van der Waals surface area contributed by atoms with Crippen molar-refractivity contribution >= 4 is 27.5 Å². The van der Waals surface area contributed by atoms with Gasteiger partial charge in [0, 0.05) is 46.4 Å². The summed E-state index contributed by atoms with van der Waals surface area (Å²) in [6.07, 6.45) is 0.770. The largest absolute Gasteiger partial charge is 0.385 e. The first-order valence-corrected chi connectivity index (χ1v) is 11.4. The van der Waals surface area contributed by atoms with Crippen molar-refractivity contribution in [1.29, 1.82) is 0 Å². The Morgan fingerprint density at radius 3 is 2.48 bits per heavy atom. The quantitative estimate of drug-likeness (QED) is 0.523. The smallest absolute Gasteiger partial charge is 0.256 e. The molecule has 29 heavy (non-hydrogen) atoms. The number of rotatable bonds is 10. The van der Waals surface area contributed by atoms with E-state index in [4.69, 9.17) is 4.74 Å². The Morgan fingerprint density at radius 1 is 1.14 bits per heavy atom. The number of para-hydroxylation sites is 1. The van der Waals surface area contributed by atoms with Crippen molar-refractivity contribution in [3.05, 3.63) is 29.8 Å². The SMILES string of the molecule is CCS(=O)(=O)Nc1ccccc1C(=O)N1CCN(CC(=O)NCCCOC)CC1. The van der Waals surface area contributed by atoms with Gasteiger partial charge in [0.25, 0.3) is 5.91 Å². The van der Waals surface area contributed by atoms with E-state index in [1.54, 1.807) is 43.2 Å². The Morgan fingerprint density at radius 2 is 1.83 bits per heavy atom. The van der Waals surface area contributed by atoms with Crippen LogP contribution in [0.3, 0.4) is 0 Å². The number of carbonyl (C=O) groups is 2. The van der Waals surface area contributed by atoms with Gasteiger partial charge in [-0.2, -0.15) is 0 Å². The lowest BCUT2D eigenvalue weighted by Gasteiger charge is -2.34. The summed E-state index contributed by atoms with van der Waals surface area (Å²) in [4.78, 5) is 28.6. The molecule has 0 aliphatic carbocycles. The van der Waals surface area contributed by atoms with Crippen LogP contribution < -0.4 is 10.0 Å². The molecule has 0 atom stereocenters. The lowest BCUT2D eigenvalue weighted by atomic mass is 10.1. The first-order valence-electron chi connectivity index (χ1n) is 9.73. The summed E-state index contributed by atoms with van der Waals surface area (Å²) in [6.45, 7) is 5.14. The van der Waals surface area contributed by atoms with Crippen molar-refractivity contribution in [3.63, 3.8) is 0 Å². The zero-order chi connectivity index (χ0) is 21.3. The van der Waals surface area contributed by atoms with Crippen LogP contribution in [0.25, 0.3) is 0 Å². The molecule has 1 aromatic rings. The van der Waals surface area contributed by atoms with E-state index in [2.05, 4.69) is 10.0 Å². The van der Waals surface area contributed by atoms with Crippen LogP contribution in [0.2, 0.25) is 0 Å². The van der Waals surface area contributed by atoms with Gasteiger partial charge in [-0.15, -0.1) is 0 Å². The fraction of sp³-hybridized carbons (Fsp3) is 0.579. The molecule has 2 rings (SSSR count). The van der Waals surface area contributed by atoms with Crippen LogP contribution in [0.4, 0.5) is 5.69 Å². The molecule has 0 saturated carbocycles. The second-order valence-electron chi connectivity index (χ2n) is 6.82. The summed E-state index contributed by atoms with van der Waals surface area (Å²) < 4.78 is 31.2. The van der Waals surface area contributed by atoms with Gasteiger partial charge in [-0.1, -0.05) is 12.1 Å². The summed E-state index contributed by atoms with van der Waals surface area (Å²) in [7, 11) is -1.85. The number of hydrogen-bond donors (Lipinski definition) is 2. The van der Waals surface area contributed by atoms with Crippen molar-refractivity contribution in [2.75, 3.05) is 63.5 Å². The highest BCUT2D eigenvalue weighted by Gasteiger charge is 2.25. The second kappa shape index (κ2) is 11.1. The third-order valence-corrected chi connectivity index (χ3v) is 5.97. The molecule has 2 N–H and O–H groups in total. The maximum absolute atomic E-state index is 12.9. The first-order chi connectivity index (χ1) is 13.9. The maximum atomic E-state index is 12.9. The summed E-state index contributed by atoms with van der Waals surface area (Å²) >= 11 is 0. The van der Waals surface area contributed by atoms with Crippen molar-refractivity contribution in [3.8, 4) is 0 Å². The van der Waals surface area contributed by atoms with Gasteiger partial charge >= 0.3 is 0 Å². The number of carbonyl (C=O) groups excluding carboxylic acids is 2. The van der Waals surface area contributed by atoms with Crippen LogP contribution in [0, 0.1) is 0 Å².